The number of urea groups is 1. The van der Waals surface area contributed by atoms with E-state index in [9.17, 15) is 4.79 Å². The van der Waals surface area contributed by atoms with E-state index in [1.54, 1.807) is 14.1 Å². The lowest BCUT2D eigenvalue weighted by Crippen LogP contribution is -2.28. The van der Waals surface area contributed by atoms with Crippen LogP contribution in [0.4, 0.5) is 10.5 Å². The summed E-state index contributed by atoms with van der Waals surface area (Å²) < 4.78 is 0. The van der Waals surface area contributed by atoms with Gasteiger partial charge in [-0.15, -0.1) is 0 Å². The second kappa shape index (κ2) is 6.12. The molecule has 1 aromatic carbocycles. The normalized spacial score (nSPS) is 9.94. The third kappa shape index (κ3) is 3.55. The van der Waals surface area contributed by atoms with E-state index in [1.165, 1.54) is 4.90 Å². The van der Waals surface area contributed by atoms with Crippen molar-refractivity contribution >= 4 is 11.7 Å². The molecule has 0 aliphatic carbocycles. The van der Waals surface area contributed by atoms with E-state index < -0.39 is 0 Å². The molecule has 88 valence electrons. The van der Waals surface area contributed by atoms with Crippen molar-refractivity contribution in [3.8, 4) is 0 Å². The van der Waals surface area contributed by atoms with Crippen molar-refractivity contribution in [3.63, 3.8) is 0 Å². The Morgan fingerprint density at radius 1 is 1.31 bits per heavy atom. The van der Waals surface area contributed by atoms with E-state index in [-0.39, 0.29) is 6.03 Å². The molecule has 4 heteroatoms. The molecule has 0 heterocycles. The highest BCUT2D eigenvalue weighted by Gasteiger charge is 2.06. The van der Waals surface area contributed by atoms with Crippen LogP contribution in [-0.4, -0.2) is 31.6 Å². The van der Waals surface area contributed by atoms with Crippen molar-refractivity contribution in [2.75, 3.05) is 26.0 Å². The minimum absolute atomic E-state index is 0.107. The number of nitrogens with one attached hydrogen (secondary N) is 2. The van der Waals surface area contributed by atoms with Gasteiger partial charge in [0.1, 0.15) is 0 Å². The fourth-order valence-corrected chi connectivity index (χ4v) is 1.28. The molecule has 0 spiro atoms. The topological polar surface area (TPSA) is 44.4 Å². The van der Waals surface area contributed by atoms with Gasteiger partial charge in [-0.25, -0.2) is 4.79 Å². The first-order chi connectivity index (χ1) is 7.65. The van der Waals surface area contributed by atoms with Gasteiger partial charge in [-0.05, 0) is 18.2 Å². The van der Waals surface area contributed by atoms with E-state index in [0.29, 0.717) is 0 Å². The molecule has 2 amide bonds. The third-order valence-electron chi connectivity index (χ3n) is 2.23. The van der Waals surface area contributed by atoms with Gasteiger partial charge in [0.05, 0.1) is 0 Å². The Labute approximate surface area is 96.6 Å². The van der Waals surface area contributed by atoms with Crippen molar-refractivity contribution in [1.82, 2.24) is 10.2 Å². The maximum atomic E-state index is 11.5. The summed E-state index contributed by atoms with van der Waals surface area (Å²) in [7, 11) is 3.45. The number of anilines is 1. The molecule has 0 aliphatic rings. The zero-order chi connectivity index (χ0) is 12.0. The van der Waals surface area contributed by atoms with Crippen molar-refractivity contribution in [3.05, 3.63) is 29.8 Å². The number of carbonyl (C=O) groups is 1. The average molecular weight is 221 g/mol. The number of nitrogens with zero attached hydrogens (tertiary/aromatic N) is 1. The first kappa shape index (κ1) is 12.5. The minimum Gasteiger partial charge on any atom is -0.331 e. The summed E-state index contributed by atoms with van der Waals surface area (Å²) in [6, 6.07) is 7.70. The first-order valence-electron chi connectivity index (χ1n) is 5.42. The molecule has 0 radical (unpaired) electrons. The van der Waals surface area contributed by atoms with Crippen molar-refractivity contribution in [1.29, 1.82) is 0 Å². The van der Waals surface area contributed by atoms with E-state index in [4.69, 9.17) is 0 Å². The molecule has 1 aromatic rings. The number of hydrogen-bond acceptors (Lipinski definition) is 2. The molecule has 0 fully saturated rings. The Morgan fingerprint density at radius 3 is 2.62 bits per heavy atom. The lowest BCUT2D eigenvalue weighted by molar-refractivity contribution is 0.230. The van der Waals surface area contributed by atoms with Crippen LogP contribution in [-0.2, 0) is 6.54 Å². The van der Waals surface area contributed by atoms with Gasteiger partial charge >= 0.3 is 6.03 Å². The van der Waals surface area contributed by atoms with Crippen LogP contribution in [0.15, 0.2) is 24.3 Å². The molecule has 16 heavy (non-hydrogen) atoms. The third-order valence-corrected chi connectivity index (χ3v) is 2.23. The van der Waals surface area contributed by atoms with E-state index in [2.05, 4.69) is 17.6 Å². The monoisotopic (exact) mass is 221 g/mol. The van der Waals surface area contributed by atoms with Gasteiger partial charge in [0.25, 0.3) is 0 Å². The Kier molecular flexibility index (Phi) is 4.79. The molecule has 2 N–H and O–H groups in total. The number of benzene rings is 1. The highest BCUT2D eigenvalue weighted by Crippen LogP contribution is 2.14. The van der Waals surface area contributed by atoms with Gasteiger partial charge in [-0.1, -0.05) is 25.1 Å². The molecule has 1 rings (SSSR count). The summed E-state index contributed by atoms with van der Waals surface area (Å²) in [6.07, 6.45) is 0. The SMILES string of the molecule is CCNCc1ccccc1NC(=O)N(C)C. The Hall–Kier alpha value is -1.55. The van der Waals surface area contributed by atoms with Crippen molar-refractivity contribution < 1.29 is 4.79 Å². The number of para-hydroxylation sites is 1. The summed E-state index contributed by atoms with van der Waals surface area (Å²) in [6.45, 7) is 3.73. The fraction of sp³-hybridized carbons (Fsp3) is 0.417. The fourth-order valence-electron chi connectivity index (χ4n) is 1.28. The van der Waals surface area contributed by atoms with Gasteiger partial charge in [-0.2, -0.15) is 0 Å². The number of rotatable bonds is 4. The molecule has 0 bridgehead atoms. The summed E-state index contributed by atoms with van der Waals surface area (Å²) in [4.78, 5) is 13.1. The predicted molar refractivity (Wildman–Crippen MR) is 66.5 cm³/mol. The van der Waals surface area contributed by atoms with Crippen LogP contribution in [0.1, 0.15) is 12.5 Å². The van der Waals surface area contributed by atoms with Crippen LogP contribution >= 0.6 is 0 Å². The molecule has 0 atom stereocenters. The number of amides is 2. The highest BCUT2D eigenvalue weighted by atomic mass is 16.2. The van der Waals surface area contributed by atoms with Crippen LogP contribution in [0.2, 0.25) is 0 Å². The molecule has 0 saturated heterocycles. The maximum Gasteiger partial charge on any atom is 0.321 e. The molecule has 0 saturated carbocycles. The van der Waals surface area contributed by atoms with Gasteiger partial charge in [-0.3, -0.25) is 0 Å². The lowest BCUT2D eigenvalue weighted by Gasteiger charge is -2.15. The Morgan fingerprint density at radius 2 is 2.00 bits per heavy atom. The first-order valence-corrected chi connectivity index (χ1v) is 5.42. The summed E-state index contributed by atoms with van der Waals surface area (Å²) in [5.74, 6) is 0. The molecule has 0 aromatic heterocycles. The standard InChI is InChI=1S/C12H19N3O/c1-4-13-9-10-7-5-6-8-11(10)14-12(16)15(2)3/h5-8,13H,4,9H2,1-3H3,(H,14,16). The Bertz CT molecular complexity index is 350. The minimum atomic E-state index is -0.107. The highest BCUT2D eigenvalue weighted by molar-refractivity contribution is 5.89. The number of carbonyl (C=O) groups excluding carboxylic acids is 1. The van der Waals surface area contributed by atoms with Gasteiger partial charge in [0, 0.05) is 26.3 Å². The van der Waals surface area contributed by atoms with Crippen LogP contribution in [0.3, 0.4) is 0 Å². The van der Waals surface area contributed by atoms with Crippen LogP contribution in [0.25, 0.3) is 0 Å². The van der Waals surface area contributed by atoms with Gasteiger partial charge in [0.15, 0.2) is 0 Å². The zero-order valence-corrected chi connectivity index (χ0v) is 10.1. The summed E-state index contributed by atoms with van der Waals surface area (Å²) >= 11 is 0. The smallest absolute Gasteiger partial charge is 0.321 e. The lowest BCUT2D eigenvalue weighted by atomic mass is 10.2. The van der Waals surface area contributed by atoms with Crippen LogP contribution < -0.4 is 10.6 Å². The molecular formula is C12H19N3O. The van der Waals surface area contributed by atoms with Gasteiger partial charge < -0.3 is 15.5 Å². The molecular weight excluding hydrogens is 202 g/mol. The number of hydrogen-bond donors (Lipinski definition) is 2. The Balaban J connectivity index is 2.74. The van der Waals surface area contributed by atoms with Gasteiger partial charge in [0.2, 0.25) is 0 Å². The van der Waals surface area contributed by atoms with E-state index in [1.807, 2.05) is 24.3 Å². The second-order valence-electron chi connectivity index (χ2n) is 3.76. The average Bonchev–Trinajstić information content (AvgIpc) is 2.27. The van der Waals surface area contributed by atoms with Crippen LogP contribution in [0, 0.1) is 0 Å². The predicted octanol–water partition coefficient (Wildman–Crippen LogP) is 1.89. The maximum absolute atomic E-state index is 11.5. The second-order valence-corrected chi connectivity index (χ2v) is 3.76. The largest absolute Gasteiger partial charge is 0.331 e. The molecule has 0 unspecified atom stereocenters. The molecule has 0 aliphatic heterocycles. The van der Waals surface area contributed by atoms with Crippen LogP contribution in [0.5, 0.6) is 0 Å². The quantitative estimate of drug-likeness (QED) is 0.815. The van der Waals surface area contributed by atoms with E-state index >= 15 is 0 Å². The summed E-state index contributed by atoms with van der Waals surface area (Å²) in [5.41, 5.74) is 1.96. The summed E-state index contributed by atoms with van der Waals surface area (Å²) in [5, 5.41) is 6.11. The molecule has 4 nitrogen and oxygen atoms in total. The van der Waals surface area contributed by atoms with Crippen molar-refractivity contribution in [2.45, 2.75) is 13.5 Å². The zero-order valence-electron chi connectivity index (χ0n) is 10.1. The van der Waals surface area contributed by atoms with Crippen molar-refractivity contribution in [2.24, 2.45) is 0 Å². The van der Waals surface area contributed by atoms with E-state index in [0.717, 1.165) is 24.3 Å².